The van der Waals surface area contributed by atoms with E-state index in [1.807, 2.05) is 0 Å². The van der Waals surface area contributed by atoms with Crippen LogP contribution in [-0.4, -0.2) is 38.4 Å². The zero-order valence-electron chi connectivity index (χ0n) is 14.8. The van der Waals surface area contributed by atoms with Crippen molar-refractivity contribution >= 4 is 34.0 Å². The van der Waals surface area contributed by atoms with E-state index in [0.29, 0.717) is 24.7 Å². The normalized spacial score (nSPS) is 17.0. The van der Waals surface area contributed by atoms with E-state index in [0.717, 1.165) is 25.0 Å². The van der Waals surface area contributed by atoms with Crippen molar-refractivity contribution in [2.24, 2.45) is 5.73 Å². The minimum Gasteiger partial charge on any atom is -0.337 e. The predicted molar refractivity (Wildman–Crippen MR) is 104 cm³/mol. The first-order valence-electron chi connectivity index (χ1n) is 8.39. The quantitative estimate of drug-likeness (QED) is 0.778. The van der Waals surface area contributed by atoms with Gasteiger partial charge in [0.05, 0.1) is 4.90 Å². The average Bonchev–Trinajstić information content (AvgIpc) is 2.63. The minimum absolute atomic E-state index is 0. The molecule has 1 aliphatic rings. The second kappa shape index (κ2) is 8.85. The molecule has 6 nitrogen and oxygen atoms in total. The molecule has 0 saturated carbocycles. The highest BCUT2D eigenvalue weighted by atomic mass is 35.5. The van der Waals surface area contributed by atoms with Gasteiger partial charge >= 0.3 is 0 Å². The van der Waals surface area contributed by atoms with Crippen molar-refractivity contribution in [3.05, 3.63) is 59.7 Å². The number of anilines is 1. The number of amides is 1. The molecule has 10 heteroatoms. The van der Waals surface area contributed by atoms with Crippen molar-refractivity contribution in [3.8, 4) is 0 Å². The summed E-state index contributed by atoms with van der Waals surface area (Å²) in [6.45, 7) is 1.13. The van der Waals surface area contributed by atoms with Crippen LogP contribution in [0.3, 0.4) is 0 Å². The molecule has 28 heavy (non-hydrogen) atoms. The van der Waals surface area contributed by atoms with Crippen molar-refractivity contribution in [2.45, 2.75) is 23.8 Å². The van der Waals surface area contributed by atoms with Gasteiger partial charge in [0.15, 0.2) is 11.6 Å². The van der Waals surface area contributed by atoms with Crippen molar-refractivity contribution in [2.75, 3.05) is 17.8 Å². The maximum Gasteiger partial charge on any atom is 0.261 e. The molecule has 1 saturated heterocycles. The van der Waals surface area contributed by atoms with Gasteiger partial charge in [-0.2, -0.15) is 0 Å². The summed E-state index contributed by atoms with van der Waals surface area (Å²) in [6, 6.07) is 8.17. The molecule has 0 spiro atoms. The molecule has 0 aliphatic carbocycles. The molecule has 1 heterocycles. The molecular formula is C18H20ClF2N3O3S. The standard InChI is InChI=1S/C18H19F2N3O3S.ClH/c19-16-8-7-15(10-17(16)20)27(25,26)22-14-5-3-12(4-6-14)18(24)23-9-1-2-13(21)11-23;/h3-8,10,13,22H,1-2,9,11,21H2;1H. The number of sulfonamides is 1. The second-order valence-corrected chi connectivity index (χ2v) is 8.09. The molecule has 2 aromatic rings. The molecule has 0 bridgehead atoms. The van der Waals surface area contributed by atoms with Gasteiger partial charge in [-0.05, 0) is 55.3 Å². The number of hydrogen-bond donors (Lipinski definition) is 2. The monoisotopic (exact) mass is 431 g/mol. The van der Waals surface area contributed by atoms with Crippen molar-refractivity contribution in [1.82, 2.24) is 4.90 Å². The Morgan fingerprint density at radius 1 is 1.11 bits per heavy atom. The summed E-state index contributed by atoms with van der Waals surface area (Å²) < 4.78 is 53.1. The summed E-state index contributed by atoms with van der Waals surface area (Å²) in [7, 11) is -4.08. The van der Waals surface area contributed by atoms with Crippen LogP contribution in [0.4, 0.5) is 14.5 Å². The summed E-state index contributed by atoms with van der Waals surface area (Å²) in [5.41, 5.74) is 6.51. The molecule has 1 aliphatic heterocycles. The van der Waals surface area contributed by atoms with Gasteiger partial charge in [0.25, 0.3) is 15.9 Å². The van der Waals surface area contributed by atoms with Gasteiger partial charge in [0.2, 0.25) is 0 Å². The summed E-state index contributed by atoms with van der Waals surface area (Å²) in [5.74, 6) is -2.55. The topological polar surface area (TPSA) is 92.5 Å². The van der Waals surface area contributed by atoms with Gasteiger partial charge in [0, 0.05) is 30.4 Å². The summed E-state index contributed by atoms with van der Waals surface area (Å²) in [5, 5.41) is 0. The van der Waals surface area contributed by atoms with Crippen LogP contribution in [0.2, 0.25) is 0 Å². The van der Waals surface area contributed by atoms with Gasteiger partial charge < -0.3 is 10.6 Å². The van der Waals surface area contributed by atoms with Gasteiger partial charge in [0.1, 0.15) is 0 Å². The molecule has 1 amide bonds. The van der Waals surface area contributed by atoms with Gasteiger partial charge in [-0.3, -0.25) is 9.52 Å². The maximum absolute atomic E-state index is 13.3. The van der Waals surface area contributed by atoms with Crippen LogP contribution in [-0.2, 0) is 10.0 Å². The number of nitrogens with one attached hydrogen (secondary N) is 1. The largest absolute Gasteiger partial charge is 0.337 e. The van der Waals surface area contributed by atoms with E-state index in [1.165, 1.54) is 24.3 Å². The summed E-state index contributed by atoms with van der Waals surface area (Å²) in [6.07, 6.45) is 1.73. The Bertz CT molecular complexity index is 955. The second-order valence-electron chi connectivity index (χ2n) is 6.41. The summed E-state index contributed by atoms with van der Waals surface area (Å²) >= 11 is 0. The first-order valence-corrected chi connectivity index (χ1v) is 9.87. The number of hydrogen-bond acceptors (Lipinski definition) is 4. The molecule has 1 atom stereocenters. The van der Waals surface area contributed by atoms with Crippen molar-refractivity contribution in [1.29, 1.82) is 0 Å². The smallest absolute Gasteiger partial charge is 0.261 e. The fourth-order valence-electron chi connectivity index (χ4n) is 2.92. The third kappa shape index (κ3) is 4.98. The molecule has 3 rings (SSSR count). The number of benzene rings is 2. The number of halogens is 3. The van der Waals surface area contributed by atoms with Gasteiger partial charge in [-0.25, -0.2) is 17.2 Å². The van der Waals surface area contributed by atoms with E-state index >= 15 is 0 Å². The average molecular weight is 432 g/mol. The molecule has 1 unspecified atom stereocenters. The lowest BCUT2D eigenvalue weighted by Gasteiger charge is -2.30. The van der Waals surface area contributed by atoms with Gasteiger partial charge in [-0.15, -0.1) is 12.4 Å². The number of nitrogens with zero attached hydrogens (tertiary/aromatic N) is 1. The predicted octanol–water partition coefficient (Wildman–Crippen LogP) is 2.75. The fourth-order valence-corrected chi connectivity index (χ4v) is 3.99. The zero-order valence-corrected chi connectivity index (χ0v) is 16.4. The number of piperidine rings is 1. The molecule has 1 fully saturated rings. The van der Waals surface area contributed by atoms with E-state index in [9.17, 15) is 22.0 Å². The molecule has 2 aromatic carbocycles. The molecule has 3 N–H and O–H groups in total. The Balaban J connectivity index is 0.00000280. The van der Waals surface area contributed by atoms with Crippen LogP contribution < -0.4 is 10.5 Å². The molecule has 152 valence electrons. The van der Waals surface area contributed by atoms with Crippen LogP contribution >= 0.6 is 12.4 Å². The van der Waals surface area contributed by atoms with Gasteiger partial charge in [-0.1, -0.05) is 0 Å². The zero-order chi connectivity index (χ0) is 19.6. The van der Waals surface area contributed by atoms with E-state index in [2.05, 4.69) is 4.72 Å². The number of likely N-dealkylation sites (tertiary alicyclic amines) is 1. The third-order valence-corrected chi connectivity index (χ3v) is 5.71. The number of nitrogens with two attached hydrogens (primary N) is 1. The van der Waals surface area contributed by atoms with Crippen LogP contribution in [0, 0.1) is 11.6 Å². The highest BCUT2D eigenvalue weighted by molar-refractivity contribution is 7.92. The lowest BCUT2D eigenvalue weighted by atomic mass is 10.1. The Hall–Kier alpha value is -2.23. The SMILES string of the molecule is Cl.NC1CCCN(C(=O)c2ccc(NS(=O)(=O)c3ccc(F)c(F)c3)cc2)C1. The Labute approximate surface area is 168 Å². The number of carbonyl (C=O) groups is 1. The number of rotatable bonds is 4. The number of carbonyl (C=O) groups excluding carboxylic acids is 1. The van der Waals surface area contributed by atoms with Crippen LogP contribution in [0.15, 0.2) is 47.4 Å². The van der Waals surface area contributed by atoms with E-state index in [1.54, 1.807) is 4.90 Å². The lowest BCUT2D eigenvalue weighted by Crippen LogP contribution is -2.45. The van der Waals surface area contributed by atoms with Crippen LogP contribution in [0.1, 0.15) is 23.2 Å². The first-order chi connectivity index (χ1) is 12.8. The minimum atomic E-state index is -4.08. The van der Waals surface area contributed by atoms with Crippen molar-refractivity contribution < 1.29 is 22.0 Å². The Morgan fingerprint density at radius 3 is 2.39 bits per heavy atom. The highest BCUT2D eigenvalue weighted by Crippen LogP contribution is 2.20. The van der Waals surface area contributed by atoms with E-state index < -0.39 is 26.6 Å². The van der Waals surface area contributed by atoms with Crippen LogP contribution in [0.5, 0.6) is 0 Å². The van der Waals surface area contributed by atoms with E-state index in [-0.39, 0.29) is 30.0 Å². The highest BCUT2D eigenvalue weighted by Gasteiger charge is 2.22. The maximum atomic E-state index is 13.3. The molecule has 0 aromatic heterocycles. The first kappa shape index (κ1) is 22.1. The molecule has 0 radical (unpaired) electrons. The lowest BCUT2D eigenvalue weighted by molar-refractivity contribution is 0.0709. The Kier molecular flexibility index (Phi) is 6.97. The van der Waals surface area contributed by atoms with Crippen LogP contribution in [0.25, 0.3) is 0 Å². The van der Waals surface area contributed by atoms with E-state index in [4.69, 9.17) is 5.73 Å². The van der Waals surface area contributed by atoms with Crippen molar-refractivity contribution in [3.63, 3.8) is 0 Å². The molecular weight excluding hydrogens is 412 g/mol. The third-order valence-electron chi connectivity index (χ3n) is 4.33. The fraction of sp³-hybridized carbons (Fsp3) is 0.278. The summed E-state index contributed by atoms with van der Waals surface area (Å²) in [4.78, 5) is 13.8. The Morgan fingerprint density at radius 2 is 1.79 bits per heavy atom.